The Labute approximate surface area is 75.4 Å². The van der Waals surface area contributed by atoms with E-state index in [2.05, 4.69) is 0 Å². The van der Waals surface area contributed by atoms with Crippen molar-refractivity contribution < 1.29 is 23.8 Å². The lowest BCUT2D eigenvalue weighted by Crippen LogP contribution is -2.41. The van der Waals surface area contributed by atoms with Crippen molar-refractivity contribution in [3.63, 3.8) is 0 Å². The molecule has 0 aliphatic carbocycles. The highest BCUT2D eigenvalue weighted by molar-refractivity contribution is 5.84. The van der Waals surface area contributed by atoms with Gasteiger partial charge in [-0.05, 0) is 0 Å². The van der Waals surface area contributed by atoms with Gasteiger partial charge in [-0.3, -0.25) is 4.79 Å². The molecule has 0 saturated carbocycles. The van der Waals surface area contributed by atoms with Crippen LogP contribution in [0.3, 0.4) is 0 Å². The van der Waals surface area contributed by atoms with Gasteiger partial charge in [-0.15, -0.1) is 0 Å². The predicted octanol–water partition coefficient (Wildman–Crippen LogP) is 0.938. The highest BCUT2D eigenvalue weighted by Crippen LogP contribution is 2.24. The molecule has 0 aliphatic heterocycles. The fourth-order valence-electron chi connectivity index (χ4n) is 0.579. The standard InChI is InChI=1S/C8H14F2O3/c1-7(2,3)5(11)4-8(12,13)6(9)10/h6,12-13H,4H2,1-3H3. The van der Waals surface area contributed by atoms with Crippen LogP contribution in [-0.2, 0) is 4.79 Å². The van der Waals surface area contributed by atoms with Crippen LogP contribution in [0.4, 0.5) is 8.78 Å². The highest BCUT2D eigenvalue weighted by atomic mass is 19.3. The van der Waals surface area contributed by atoms with E-state index < -0.39 is 29.8 Å². The van der Waals surface area contributed by atoms with Crippen LogP contribution in [0.5, 0.6) is 0 Å². The molecule has 0 aromatic heterocycles. The van der Waals surface area contributed by atoms with Crippen molar-refractivity contribution >= 4 is 5.78 Å². The Morgan fingerprint density at radius 3 is 1.92 bits per heavy atom. The topological polar surface area (TPSA) is 57.5 Å². The number of rotatable bonds is 3. The summed E-state index contributed by atoms with van der Waals surface area (Å²) in [6, 6.07) is 0. The van der Waals surface area contributed by atoms with E-state index in [0.29, 0.717) is 0 Å². The second-order valence-electron chi connectivity index (χ2n) is 4.03. The van der Waals surface area contributed by atoms with Gasteiger partial charge in [0, 0.05) is 5.41 Å². The predicted molar refractivity (Wildman–Crippen MR) is 42.3 cm³/mol. The molecule has 0 aliphatic rings. The van der Waals surface area contributed by atoms with Gasteiger partial charge in [0.2, 0.25) is 5.79 Å². The van der Waals surface area contributed by atoms with Crippen molar-refractivity contribution in [1.82, 2.24) is 0 Å². The summed E-state index contributed by atoms with van der Waals surface area (Å²) in [7, 11) is 0. The van der Waals surface area contributed by atoms with Gasteiger partial charge >= 0.3 is 0 Å². The SMILES string of the molecule is CC(C)(C)C(=O)CC(O)(O)C(F)F. The van der Waals surface area contributed by atoms with Crippen molar-refractivity contribution in [1.29, 1.82) is 0 Å². The normalized spacial score (nSPS) is 13.5. The number of halogens is 2. The van der Waals surface area contributed by atoms with Crippen LogP contribution in [0.15, 0.2) is 0 Å². The summed E-state index contributed by atoms with van der Waals surface area (Å²) in [5.41, 5.74) is -0.842. The lowest BCUT2D eigenvalue weighted by atomic mass is 9.87. The fraction of sp³-hybridized carbons (Fsp3) is 0.875. The number of aliphatic hydroxyl groups is 2. The first kappa shape index (κ1) is 12.4. The van der Waals surface area contributed by atoms with Gasteiger partial charge in [0.1, 0.15) is 5.78 Å². The van der Waals surface area contributed by atoms with E-state index in [1.807, 2.05) is 0 Å². The summed E-state index contributed by atoms with van der Waals surface area (Å²) in [5.74, 6) is -3.82. The van der Waals surface area contributed by atoms with Gasteiger partial charge in [0.05, 0.1) is 6.42 Å². The maximum absolute atomic E-state index is 11.9. The zero-order valence-electron chi connectivity index (χ0n) is 7.84. The number of alkyl halides is 2. The average Bonchev–Trinajstić information content (AvgIpc) is 1.83. The molecule has 0 aromatic carbocycles. The maximum Gasteiger partial charge on any atom is 0.291 e. The Kier molecular flexibility index (Phi) is 3.52. The number of carbonyl (C=O) groups is 1. The van der Waals surface area contributed by atoms with Crippen molar-refractivity contribution in [2.24, 2.45) is 5.41 Å². The number of hydrogen-bond acceptors (Lipinski definition) is 3. The molecule has 0 amide bonds. The van der Waals surface area contributed by atoms with Crippen molar-refractivity contribution in [2.45, 2.75) is 39.4 Å². The Balaban J connectivity index is 4.38. The number of ketones is 1. The number of carbonyl (C=O) groups excluding carboxylic acids is 1. The Morgan fingerprint density at radius 1 is 1.31 bits per heavy atom. The molecule has 2 N–H and O–H groups in total. The van der Waals surface area contributed by atoms with E-state index in [0.717, 1.165) is 0 Å². The highest BCUT2D eigenvalue weighted by Gasteiger charge is 2.40. The minimum Gasteiger partial charge on any atom is -0.361 e. The molecule has 0 saturated heterocycles. The van der Waals surface area contributed by atoms with E-state index in [9.17, 15) is 13.6 Å². The molecule has 5 heteroatoms. The van der Waals surface area contributed by atoms with Crippen LogP contribution in [0, 0.1) is 5.41 Å². The van der Waals surface area contributed by atoms with Crippen LogP contribution in [0.25, 0.3) is 0 Å². The van der Waals surface area contributed by atoms with Gasteiger partial charge < -0.3 is 10.2 Å². The van der Waals surface area contributed by atoms with Crippen molar-refractivity contribution in [3.8, 4) is 0 Å². The van der Waals surface area contributed by atoms with Crippen LogP contribution in [0.2, 0.25) is 0 Å². The first-order valence-electron chi connectivity index (χ1n) is 3.83. The van der Waals surface area contributed by atoms with Gasteiger partial charge in [0.25, 0.3) is 6.43 Å². The van der Waals surface area contributed by atoms with Gasteiger partial charge in [-0.2, -0.15) is 0 Å². The largest absolute Gasteiger partial charge is 0.361 e. The van der Waals surface area contributed by atoms with Gasteiger partial charge in [-0.25, -0.2) is 8.78 Å². The van der Waals surface area contributed by atoms with Crippen molar-refractivity contribution in [2.75, 3.05) is 0 Å². The molecule has 0 unspecified atom stereocenters. The molecule has 78 valence electrons. The number of hydrogen-bond donors (Lipinski definition) is 2. The fourth-order valence-corrected chi connectivity index (χ4v) is 0.579. The van der Waals surface area contributed by atoms with E-state index in [4.69, 9.17) is 10.2 Å². The summed E-state index contributed by atoms with van der Waals surface area (Å²) in [6.07, 6.45) is -4.28. The zero-order valence-corrected chi connectivity index (χ0v) is 7.84. The maximum atomic E-state index is 11.9. The Morgan fingerprint density at radius 2 is 1.69 bits per heavy atom. The van der Waals surface area contributed by atoms with Crippen LogP contribution >= 0.6 is 0 Å². The molecule has 0 heterocycles. The summed E-state index contributed by atoms with van der Waals surface area (Å²) < 4.78 is 23.8. The second-order valence-corrected chi connectivity index (χ2v) is 4.03. The molecule has 0 rings (SSSR count). The molecular formula is C8H14F2O3. The first-order valence-corrected chi connectivity index (χ1v) is 3.83. The van der Waals surface area contributed by atoms with Crippen LogP contribution < -0.4 is 0 Å². The summed E-state index contributed by atoms with van der Waals surface area (Å²) in [6.45, 7) is 4.57. The van der Waals surface area contributed by atoms with E-state index in [-0.39, 0.29) is 0 Å². The minimum absolute atomic E-state index is 0.613. The molecular weight excluding hydrogens is 182 g/mol. The lowest BCUT2D eigenvalue weighted by molar-refractivity contribution is -0.241. The quantitative estimate of drug-likeness (QED) is 0.660. The molecule has 0 radical (unpaired) electrons. The summed E-state index contributed by atoms with van der Waals surface area (Å²) in [5, 5.41) is 17.4. The third kappa shape index (κ3) is 3.78. The van der Waals surface area contributed by atoms with Crippen molar-refractivity contribution in [3.05, 3.63) is 0 Å². The average molecular weight is 196 g/mol. The first-order chi connectivity index (χ1) is 5.57. The summed E-state index contributed by atoms with van der Waals surface area (Å²) in [4.78, 5) is 11.1. The molecule has 3 nitrogen and oxygen atoms in total. The molecule has 0 aromatic rings. The Hall–Kier alpha value is -0.550. The van der Waals surface area contributed by atoms with Gasteiger partial charge in [0.15, 0.2) is 0 Å². The van der Waals surface area contributed by atoms with Crippen LogP contribution in [-0.4, -0.2) is 28.2 Å². The molecule has 0 bridgehead atoms. The third-order valence-electron chi connectivity index (χ3n) is 1.61. The van der Waals surface area contributed by atoms with Crippen LogP contribution in [0.1, 0.15) is 27.2 Å². The lowest BCUT2D eigenvalue weighted by Gasteiger charge is -2.24. The Bertz CT molecular complexity index is 194. The third-order valence-corrected chi connectivity index (χ3v) is 1.61. The minimum atomic E-state index is -3.33. The summed E-state index contributed by atoms with van der Waals surface area (Å²) >= 11 is 0. The zero-order chi connectivity index (χ0) is 10.9. The molecule has 0 fully saturated rings. The smallest absolute Gasteiger partial charge is 0.291 e. The van der Waals surface area contributed by atoms with Gasteiger partial charge in [-0.1, -0.05) is 20.8 Å². The number of Topliss-reactive ketones (excluding diaryl/α,β-unsaturated/α-hetero) is 1. The second kappa shape index (κ2) is 3.67. The molecule has 0 spiro atoms. The van der Waals surface area contributed by atoms with E-state index in [1.54, 1.807) is 0 Å². The molecule has 13 heavy (non-hydrogen) atoms. The van der Waals surface area contributed by atoms with E-state index in [1.165, 1.54) is 20.8 Å². The monoisotopic (exact) mass is 196 g/mol. The van der Waals surface area contributed by atoms with E-state index >= 15 is 0 Å². The molecule has 0 atom stereocenters.